The molecule has 0 bridgehead atoms. The van der Waals surface area contributed by atoms with Gasteiger partial charge in [-0.05, 0) is 34.6 Å². The molecule has 1 unspecified atom stereocenters. The lowest BCUT2D eigenvalue weighted by Gasteiger charge is -2.14. The third-order valence-electron chi connectivity index (χ3n) is 6.15. The normalized spacial score (nSPS) is 15.2. The number of aromatic nitrogens is 1. The topological polar surface area (TPSA) is 118 Å². The van der Waals surface area contributed by atoms with Gasteiger partial charge < -0.3 is 15.2 Å². The lowest BCUT2D eigenvalue weighted by molar-refractivity contribution is -0.139. The molecule has 1 fully saturated rings. The van der Waals surface area contributed by atoms with E-state index in [1.807, 2.05) is 36.4 Å². The zero-order chi connectivity index (χ0) is 23.7. The molecule has 1 saturated carbocycles. The summed E-state index contributed by atoms with van der Waals surface area (Å²) in [4.78, 5) is 40.6. The predicted molar refractivity (Wildman–Crippen MR) is 127 cm³/mol. The van der Waals surface area contributed by atoms with Gasteiger partial charge in [-0.1, -0.05) is 72.7 Å². The number of carboxylic acid groups (broad SMARTS) is 1. The third kappa shape index (κ3) is 4.65. The highest BCUT2D eigenvalue weighted by molar-refractivity contribution is 7.17. The summed E-state index contributed by atoms with van der Waals surface area (Å²) in [5.41, 5.74) is 4.51. The molecule has 2 amide bonds. The van der Waals surface area contributed by atoms with Crippen molar-refractivity contribution < 1.29 is 24.2 Å². The van der Waals surface area contributed by atoms with Crippen molar-refractivity contribution in [1.82, 2.24) is 10.3 Å². The van der Waals surface area contributed by atoms with Crippen LogP contribution in [0, 0.1) is 5.92 Å². The van der Waals surface area contributed by atoms with Crippen LogP contribution in [0.5, 0.6) is 0 Å². The first-order chi connectivity index (χ1) is 16.5. The summed E-state index contributed by atoms with van der Waals surface area (Å²) in [6, 6.07) is 15.2. The quantitative estimate of drug-likeness (QED) is 0.440. The number of benzene rings is 2. The van der Waals surface area contributed by atoms with E-state index in [1.165, 1.54) is 6.20 Å². The maximum Gasteiger partial charge on any atom is 0.413 e. The van der Waals surface area contributed by atoms with E-state index in [2.05, 4.69) is 27.8 Å². The number of fused-ring (bicyclic) bond motifs is 3. The van der Waals surface area contributed by atoms with Crippen LogP contribution < -0.4 is 10.6 Å². The molecule has 1 atom stereocenters. The standard InChI is InChI=1S/C25H23N3O5S/c29-22(27-20(23(30)31)11-14-9-10-14)21-12-26-24(34-21)28-25(32)33-13-19-17-7-3-1-5-15(17)16-6-2-4-8-18(16)19/h1-8,12,14,19-20H,9-11,13H2,(H,27,29)(H,30,31)(H,26,28,32). The van der Waals surface area contributed by atoms with E-state index in [0.717, 1.165) is 46.4 Å². The van der Waals surface area contributed by atoms with Gasteiger partial charge in [-0.25, -0.2) is 14.6 Å². The Morgan fingerprint density at radius 2 is 1.71 bits per heavy atom. The summed E-state index contributed by atoms with van der Waals surface area (Å²) >= 11 is 0.965. The highest BCUT2D eigenvalue weighted by Gasteiger charge is 2.31. The average molecular weight is 478 g/mol. The minimum atomic E-state index is -1.05. The zero-order valence-electron chi connectivity index (χ0n) is 18.2. The van der Waals surface area contributed by atoms with Crippen molar-refractivity contribution in [3.63, 3.8) is 0 Å². The first-order valence-electron chi connectivity index (χ1n) is 11.1. The summed E-state index contributed by atoms with van der Waals surface area (Å²) in [5, 5.41) is 14.6. The summed E-state index contributed by atoms with van der Waals surface area (Å²) in [7, 11) is 0. The number of carboxylic acids is 1. The number of hydrogen-bond donors (Lipinski definition) is 3. The zero-order valence-corrected chi connectivity index (χ0v) is 19.0. The van der Waals surface area contributed by atoms with E-state index in [0.29, 0.717) is 12.3 Å². The Hall–Kier alpha value is -3.72. The number of ether oxygens (including phenoxy) is 1. The van der Waals surface area contributed by atoms with Crippen LogP contribution in [0.15, 0.2) is 54.7 Å². The number of nitrogens with zero attached hydrogens (tertiary/aromatic N) is 1. The number of aliphatic carboxylic acids is 1. The Morgan fingerprint density at radius 1 is 1.06 bits per heavy atom. The second-order valence-electron chi connectivity index (χ2n) is 8.52. The molecular weight excluding hydrogens is 454 g/mol. The Labute approximate surface area is 200 Å². The fourth-order valence-electron chi connectivity index (χ4n) is 4.30. The SMILES string of the molecule is O=C(Nc1ncc(C(=O)NC(CC2CC2)C(=O)O)s1)OCC1c2ccccc2-c2ccccc21. The number of carbonyl (C=O) groups excluding carboxylic acids is 2. The molecule has 1 aromatic heterocycles. The summed E-state index contributed by atoms with van der Waals surface area (Å²) in [6.07, 6.45) is 3.06. The summed E-state index contributed by atoms with van der Waals surface area (Å²) in [6.45, 7) is 0.167. The Balaban J connectivity index is 1.18. The summed E-state index contributed by atoms with van der Waals surface area (Å²) < 4.78 is 5.50. The monoisotopic (exact) mass is 477 g/mol. The molecule has 8 nitrogen and oxygen atoms in total. The van der Waals surface area contributed by atoms with Crippen molar-refractivity contribution in [2.45, 2.75) is 31.2 Å². The lowest BCUT2D eigenvalue weighted by atomic mass is 9.98. The predicted octanol–water partition coefficient (Wildman–Crippen LogP) is 4.49. The molecule has 0 aliphatic heterocycles. The molecule has 9 heteroatoms. The molecule has 2 aromatic carbocycles. The molecule has 2 aliphatic rings. The molecule has 3 N–H and O–H groups in total. The highest BCUT2D eigenvalue weighted by Crippen LogP contribution is 2.44. The minimum Gasteiger partial charge on any atom is -0.480 e. The second-order valence-corrected chi connectivity index (χ2v) is 9.55. The van der Waals surface area contributed by atoms with Crippen LogP contribution in [0.1, 0.15) is 46.0 Å². The number of nitrogens with one attached hydrogen (secondary N) is 2. The smallest absolute Gasteiger partial charge is 0.413 e. The van der Waals surface area contributed by atoms with Crippen molar-refractivity contribution in [1.29, 1.82) is 0 Å². The van der Waals surface area contributed by atoms with Crippen molar-refractivity contribution >= 4 is 34.4 Å². The van der Waals surface area contributed by atoms with Crippen LogP contribution >= 0.6 is 11.3 Å². The van der Waals surface area contributed by atoms with Gasteiger partial charge in [0.2, 0.25) is 0 Å². The fraction of sp³-hybridized carbons (Fsp3) is 0.280. The van der Waals surface area contributed by atoms with Crippen LogP contribution in [0.2, 0.25) is 0 Å². The van der Waals surface area contributed by atoms with Crippen molar-refractivity contribution in [3.8, 4) is 11.1 Å². The van der Waals surface area contributed by atoms with Crippen LogP contribution in [-0.2, 0) is 9.53 Å². The third-order valence-corrected chi connectivity index (χ3v) is 7.06. The molecule has 2 aliphatic carbocycles. The van der Waals surface area contributed by atoms with Gasteiger partial charge in [0.25, 0.3) is 5.91 Å². The van der Waals surface area contributed by atoms with Crippen LogP contribution in [-0.4, -0.2) is 40.7 Å². The molecular formula is C25H23N3O5S. The maximum atomic E-state index is 12.4. The minimum absolute atomic E-state index is 0.0600. The maximum absolute atomic E-state index is 12.4. The van der Waals surface area contributed by atoms with E-state index in [1.54, 1.807) is 0 Å². The van der Waals surface area contributed by atoms with Gasteiger partial charge in [0, 0.05) is 5.92 Å². The van der Waals surface area contributed by atoms with E-state index < -0.39 is 24.0 Å². The molecule has 1 heterocycles. The first-order valence-corrected chi connectivity index (χ1v) is 11.9. The van der Waals surface area contributed by atoms with E-state index >= 15 is 0 Å². The van der Waals surface area contributed by atoms with E-state index in [-0.39, 0.29) is 22.5 Å². The van der Waals surface area contributed by atoms with Crippen LogP contribution in [0.3, 0.4) is 0 Å². The number of rotatable bonds is 8. The molecule has 3 aromatic rings. The van der Waals surface area contributed by atoms with Crippen molar-refractivity contribution in [3.05, 3.63) is 70.7 Å². The number of carbonyl (C=O) groups is 3. The van der Waals surface area contributed by atoms with Crippen molar-refractivity contribution in [2.75, 3.05) is 11.9 Å². The fourth-order valence-corrected chi connectivity index (χ4v) is 5.00. The molecule has 5 rings (SSSR count). The number of anilines is 1. The Bertz CT molecular complexity index is 1210. The van der Waals surface area contributed by atoms with Crippen molar-refractivity contribution in [2.24, 2.45) is 5.92 Å². The van der Waals surface area contributed by atoms with E-state index in [9.17, 15) is 19.5 Å². The van der Waals surface area contributed by atoms with Gasteiger partial charge in [-0.2, -0.15) is 0 Å². The molecule has 0 saturated heterocycles. The second kappa shape index (κ2) is 9.26. The van der Waals surface area contributed by atoms with E-state index in [4.69, 9.17) is 4.74 Å². The van der Waals surface area contributed by atoms with Gasteiger partial charge in [0.15, 0.2) is 5.13 Å². The van der Waals surface area contributed by atoms with Crippen LogP contribution in [0.25, 0.3) is 11.1 Å². The summed E-state index contributed by atoms with van der Waals surface area (Å²) in [5.74, 6) is -1.28. The van der Waals surface area contributed by atoms with Gasteiger partial charge >= 0.3 is 12.1 Å². The molecule has 0 spiro atoms. The molecule has 174 valence electrons. The van der Waals surface area contributed by atoms with Gasteiger partial charge in [0.05, 0.1) is 6.20 Å². The number of hydrogen-bond acceptors (Lipinski definition) is 6. The van der Waals surface area contributed by atoms with Gasteiger partial charge in [-0.15, -0.1) is 0 Å². The number of amides is 2. The highest BCUT2D eigenvalue weighted by atomic mass is 32.1. The molecule has 0 radical (unpaired) electrons. The number of thiazole rings is 1. The lowest BCUT2D eigenvalue weighted by Crippen LogP contribution is -2.40. The van der Waals surface area contributed by atoms with Gasteiger partial charge in [-0.3, -0.25) is 10.1 Å². The largest absolute Gasteiger partial charge is 0.480 e. The Kier molecular flexibility index (Phi) is 6.02. The average Bonchev–Trinajstić information content (AvgIpc) is 3.43. The van der Waals surface area contributed by atoms with Crippen LogP contribution in [0.4, 0.5) is 9.93 Å². The molecule has 34 heavy (non-hydrogen) atoms. The van der Waals surface area contributed by atoms with Gasteiger partial charge in [0.1, 0.15) is 17.5 Å². The first kappa shape index (κ1) is 22.1. The Morgan fingerprint density at radius 3 is 2.32 bits per heavy atom.